The second-order valence-corrected chi connectivity index (χ2v) is 5.04. The Morgan fingerprint density at radius 2 is 2.00 bits per heavy atom. The van der Waals surface area contributed by atoms with Gasteiger partial charge in [0.2, 0.25) is 0 Å². The Kier molecular flexibility index (Phi) is 7.20. The minimum atomic E-state index is 0.0673. The van der Waals surface area contributed by atoms with Gasteiger partial charge in [0.25, 0.3) is 0 Å². The molecule has 2 N–H and O–H groups in total. The van der Waals surface area contributed by atoms with Crippen LogP contribution in [0.2, 0.25) is 0 Å². The van der Waals surface area contributed by atoms with Gasteiger partial charge in [0.15, 0.2) is 0 Å². The molecule has 0 saturated heterocycles. The Morgan fingerprint density at radius 1 is 1.36 bits per heavy atom. The van der Waals surface area contributed by atoms with Crippen LogP contribution in [-0.2, 0) is 0 Å². The lowest BCUT2D eigenvalue weighted by Gasteiger charge is -2.25. The summed E-state index contributed by atoms with van der Waals surface area (Å²) in [5.41, 5.74) is 0.0673. The van der Waals surface area contributed by atoms with Gasteiger partial charge in [-0.15, -0.1) is 0 Å². The van der Waals surface area contributed by atoms with E-state index in [1.54, 1.807) is 0 Å². The van der Waals surface area contributed by atoms with Crippen LogP contribution in [0, 0.1) is 11.3 Å². The predicted molar refractivity (Wildman–Crippen MR) is 62.4 cm³/mol. The predicted octanol–water partition coefficient (Wildman–Crippen LogP) is 2.42. The smallest absolute Gasteiger partial charge is 0.0496 e. The molecule has 0 aliphatic heterocycles. The van der Waals surface area contributed by atoms with E-state index in [2.05, 4.69) is 33.0 Å². The topological polar surface area (TPSA) is 32.3 Å². The first-order valence-corrected chi connectivity index (χ1v) is 5.85. The number of hydrogen-bond acceptors (Lipinski definition) is 2. The summed E-state index contributed by atoms with van der Waals surface area (Å²) in [5.74, 6) is 0.798. The Morgan fingerprint density at radius 3 is 2.43 bits per heavy atom. The summed E-state index contributed by atoms with van der Waals surface area (Å²) in [7, 11) is 0. The van der Waals surface area contributed by atoms with Crippen LogP contribution in [0.1, 0.15) is 47.0 Å². The van der Waals surface area contributed by atoms with Crippen molar-refractivity contribution in [1.82, 2.24) is 5.32 Å². The highest BCUT2D eigenvalue weighted by atomic mass is 16.3. The van der Waals surface area contributed by atoms with E-state index in [-0.39, 0.29) is 12.0 Å². The molecule has 0 amide bonds. The molecule has 0 aromatic rings. The molecule has 0 aliphatic rings. The zero-order valence-electron chi connectivity index (χ0n) is 10.3. The number of aliphatic hydroxyl groups excluding tert-OH is 1. The Hall–Kier alpha value is -0.0800. The molecule has 0 spiro atoms. The fourth-order valence-electron chi connectivity index (χ4n) is 1.32. The Labute approximate surface area is 89.1 Å². The maximum Gasteiger partial charge on any atom is 0.0496 e. The van der Waals surface area contributed by atoms with Gasteiger partial charge >= 0.3 is 0 Å². The van der Waals surface area contributed by atoms with Crippen molar-refractivity contribution in [3.05, 3.63) is 0 Å². The zero-order chi connectivity index (χ0) is 11.0. The molecular formula is C12H27NO. The lowest BCUT2D eigenvalue weighted by atomic mass is 9.88. The lowest BCUT2D eigenvalue weighted by Crippen LogP contribution is -2.34. The van der Waals surface area contributed by atoms with Gasteiger partial charge in [0.05, 0.1) is 0 Å². The van der Waals surface area contributed by atoms with Gasteiger partial charge in [-0.1, -0.05) is 27.7 Å². The van der Waals surface area contributed by atoms with Crippen LogP contribution in [0.15, 0.2) is 0 Å². The first kappa shape index (κ1) is 13.9. The number of aliphatic hydroxyl groups is 1. The van der Waals surface area contributed by atoms with Crippen molar-refractivity contribution in [3.8, 4) is 0 Å². The van der Waals surface area contributed by atoms with Gasteiger partial charge in [-0.05, 0) is 31.7 Å². The van der Waals surface area contributed by atoms with Gasteiger partial charge in [-0.2, -0.15) is 0 Å². The molecule has 1 atom stereocenters. The van der Waals surface area contributed by atoms with Gasteiger partial charge in [-0.3, -0.25) is 0 Å². The minimum Gasteiger partial charge on any atom is -0.396 e. The van der Waals surface area contributed by atoms with Crippen LogP contribution in [0.5, 0.6) is 0 Å². The fourth-order valence-corrected chi connectivity index (χ4v) is 1.32. The van der Waals surface area contributed by atoms with Crippen LogP contribution in [0.4, 0.5) is 0 Å². The maximum absolute atomic E-state index is 9.19. The molecule has 1 unspecified atom stereocenters. The summed E-state index contributed by atoms with van der Waals surface area (Å²) < 4.78 is 0. The summed E-state index contributed by atoms with van der Waals surface area (Å²) in [6, 6.07) is 0. The summed E-state index contributed by atoms with van der Waals surface area (Å²) in [4.78, 5) is 0. The fraction of sp³-hybridized carbons (Fsp3) is 1.00. The third-order valence-corrected chi connectivity index (χ3v) is 2.92. The quantitative estimate of drug-likeness (QED) is 0.591. The summed E-state index contributed by atoms with van der Waals surface area (Å²) in [6.45, 7) is 11.1. The van der Waals surface area contributed by atoms with Crippen molar-refractivity contribution in [2.24, 2.45) is 11.3 Å². The van der Waals surface area contributed by atoms with Crippen molar-refractivity contribution in [2.75, 3.05) is 19.7 Å². The standard InChI is InChI=1S/C12H27NO/c1-5-12(4,10-14)9-13-8-6-7-11(2)3/h11,13-14H,5-10H2,1-4H3. The molecule has 0 aromatic heterocycles. The molecule has 0 heterocycles. The van der Waals surface area contributed by atoms with E-state index in [9.17, 15) is 5.11 Å². The third kappa shape index (κ3) is 6.39. The minimum absolute atomic E-state index is 0.0673. The highest BCUT2D eigenvalue weighted by molar-refractivity contribution is 4.73. The van der Waals surface area contributed by atoms with E-state index in [1.165, 1.54) is 12.8 Å². The molecule has 2 nitrogen and oxygen atoms in total. The number of hydrogen-bond donors (Lipinski definition) is 2. The lowest BCUT2D eigenvalue weighted by molar-refractivity contribution is 0.135. The first-order valence-electron chi connectivity index (χ1n) is 5.85. The average molecular weight is 201 g/mol. The van der Waals surface area contributed by atoms with Crippen molar-refractivity contribution >= 4 is 0 Å². The van der Waals surface area contributed by atoms with E-state index in [1.807, 2.05) is 0 Å². The normalized spacial score (nSPS) is 15.9. The molecule has 0 saturated carbocycles. The van der Waals surface area contributed by atoms with Gasteiger partial charge in [0.1, 0.15) is 0 Å². The van der Waals surface area contributed by atoms with Gasteiger partial charge in [0, 0.05) is 18.6 Å². The molecule has 0 aromatic carbocycles. The highest BCUT2D eigenvalue weighted by Gasteiger charge is 2.19. The summed E-state index contributed by atoms with van der Waals surface area (Å²) >= 11 is 0. The van der Waals surface area contributed by atoms with E-state index in [0.717, 1.165) is 25.4 Å². The van der Waals surface area contributed by atoms with Crippen LogP contribution >= 0.6 is 0 Å². The van der Waals surface area contributed by atoms with Crippen LogP contribution in [0.3, 0.4) is 0 Å². The molecule has 14 heavy (non-hydrogen) atoms. The van der Waals surface area contributed by atoms with Crippen molar-refractivity contribution in [1.29, 1.82) is 0 Å². The zero-order valence-corrected chi connectivity index (χ0v) is 10.3. The largest absolute Gasteiger partial charge is 0.396 e. The molecule has 2 heteroatoms. The summed E-state index contributed by atoms with van der Waals surface area (Å²) in [6.07, 6.45) is 3.55. The second kappa shape index (κ2) is 7.24. The SMILES string of the molecule is CCC(C)(CO)CNCCCC(C)C. The average Bonchev–Trinajstić information content (AvgIpc) is 2.16. The Bertz CT molecular complexity index is 130. The number of nitrogens with one attached hydrogen (secondary N) is 1. The molecule has 0 aliphatic carbocycles. The van der Waals surface area contributed by atoms with E-state index < -0.39 is 0 Å². The third-order valence-electron chi connectivity index (χ3n) is 2.92. The highest BCUT2D eigenvalue weighted by Crippen LogP contribution is 2.18. The van der Waals surface area contributed by atoms with E-state index in [0.29, 0.717) is 0 Å². The summed E-state index contributed by atoms with van der Waals surface area (Å²) in [5, 5.41) is 12.6. The molecule has 0 fully saturated rings. The second-order valence-electron chi connectivity index (χ2n) is 5.04. The molecule has 86 valence electrons. The maximum atomic E-state index is 9.19. The van der Waals surface area contributed by atoms with Crippen LogP contribution in [-0.4, -0.2) is 24.8 Å². The van der Waals surface area contributed by atoms with E-state index >= 15 is 0 Å². The van der Waals surface area contributed by atoms with Crippen LogP contribution in [0.25, 0.3) is 0 Å². The monoisotopic (exact) mass is 201 g/mol. The molecule has 0 bridgehead atoms. The van der Waals surface area contributed by atoms with Crippen molar-refractivity contribution in [3.63, 3.8) is 0 Å². The van der Waals surface area contributed by atoms with Crippen molar-refractivity contribution < 1.29 is 5.11 Å². The van der Waals surface area contributed by atoms with Gasteiger partial charge in [-0.25, -0.2) is 0 Å². The molecule has 0 rings (SSSR count). The van der Waals surface area contributed by atoms with E-state index in [4.69, 9.17) is 0 Å². The molecular weight excluding hydrogens is 174 g/mol. The Balaban J connectivity index is 3.43. The van der Waals surface area contributed by atoms with Crippen molar-refractivity contribution in [2.45, 2.75) is 47.0 Å². The van der Waals surface area contributed by atoms with Gasteiger partial charge < -0.3 is 10.4 Å². The first-order chi connectivity index (χ1) is 6.54. The molecule has 0 radical (unpaired) electrons. The van der Waals surface area contributed by atoms with Crippen LogP contribution < -0.4 is 5.32 Å². The number of rotatable bonds is 8.